The van der Waals surface area contributed by atoms with Crippen LogP contribution in [0, 0.1) is 18.4 Å². The van der Waals surface area contributed by atoms with Gasteiger partial charge in [-0.3, -0.25) is 4.72 Å². The van der Waals surface area contributed by atoms with Crippen molar-refractivity contribution in [2.75, 3.05) is 4.72 Å². The van der Waals surface area contributed by atoms with Crippen LogP contribution in [0.1, 0.15) is 5.56 Å². The molecule has 0 unspecified atom stereocenters. The number of rotatable bonds is 6. The first kappa shape index (κ1) is 21.6. The summed E-state index contributed by atoms with van der Waals surface area (Å²) < 4.78 is 34.0. The molecule has 6 nitrogen and oxygen atoms in total. The summed E-state index contributed by atoms with van der Waals surface area (Å²) in [7, 11) is -4.10. The molecule has 0 bridgehead atoms. The van der Waals surface area contributed by atoms with Gasteiger partial charge in [-0.1, -0.05) is 60.3 Å². The molecule has 0 amide bonds. The van der Waals surface area contributed by atoms with Gasteiger partial charge in [-0.25, -0.2) is 8.42 Å². The average Bonchev–Trinajstić information content (AvgIpc) is 2.79. The topological polar surface area (TPSA) is 99.4 Å². The predicted octanol–water partition coefficient (Wildman–Crippen LogP) is 5.67. The molecule has 0 aliphatic carbocycles. The molecule has 8 heteroatoms. The minimum absolute atomic E-state index is 0.0624. The maximum absolute atomic E-state index is 13.3. The maximum atomic E-state index is 13.3. The molecule has 0 saturated heterocycles. The highest BCUT2D eigenvalue weighted by Crippen LogP contribution is 2.43. The number of aryl methyl sites for hydroxylation is 1. The van der Waals surface area contributed by atoms with Gasteiger partial charge in [-0.15, -0.1) is 5.26 Å². The Bertz CT molecular complexity index is 1450. The molecule has 0 aliphatic heterocycles. The number of fused-ring (bicyclic) bond motifs is 1. The zero-order valence-corrected chi connectivity index (χ0v) is 18.6. The molecule has 4 rings (SSSR count). The second-order valence-electron chi connectivity index (χ2n) is 6.98. The van der Waals surface area contributed by atoms with Crippen LogP contribution in [-0.2, 0) is 10.0 Å². The molecule has 0 fully saturated rings. The average molecular weight is 463 g/mol. The molecule has 0 aliphatic rings. The largest absolute Gasteiger partial charge is 0.506 e. The van der Waals surface area contributed by atoms with Crippen molar-refractivity contribution >= 4 is 38.2 Å². The fourth-order valence-electron chi connectivity index (χ4n) is 3.27. The molecule has 4 aromatic rings. The zero-order chi connectivity index (χ0) is 22.7. The summed E-state index contributed by atoms with van der Waals surface area (Å²) in [5.74, 6) is 0.00836. The Hall–Kier alpha value is -3.67. The number of nitrogens with one attached hydrogen (secondary N) is 1. The molecule has 0 spiro atoms. The fourth-order valence-corrected chi connectivity index (χ4v) is 5.49. The number of hydrogen-bond acceptors (Lipinski definition) is 6. The highest BCUT2D eigenvalue weighted by molar-refractivity contribution is 7.99. The van der Waals surface area contributed by atoms with Crippen LogP contribution >= 0.6 is 11.8 Å². The molecule has 0 aromatic heterocycles. The third-order valence-electron chi connectivity index (χ3n) is 4.74. The summed E-state index contributed by atoms with van der Waals surface area (Å²) in [6.45, 7) is 1.75. The number of ether oxygens (including phenoxy) is 1. The van der Waals surface area contributed by atoms with Gasteiger partial charge in [0.05, 0.1) is 10.6 Å². The van der Waals surface area contributed by atoms with Gasteiger partial charge in [0.1, 0.15) is 10.6 Å². The highest BCUT2D eigenvalue weighted by atomic mass is 32.2. The Labute approximate surface area is 190 Å². The lowest BCUT2D eigenvalue weighted by atomic mass is 10.1. The van der Waals surface area contributed by atoms with Crippen LogP contribution in [0.3, 0.4) is 0 Å². The van der Waals surface area contributed by atoms with Crippen molar-refractivity contribution in [3.63, 3.8) is 0 Å². The highest BCUT2D eigenvalue weighted by Gasteiger charge is 2.23. The lowest BCUT2D eigenvalue weighted by Gasteiger charge is -2.16. The Morgan fingerprint density at radius 3 is 2.38 bits per heavy atom. The first-order valence-corrected chi connectivity index (χ1v) is 11.9. The molecular formula is C24H18N2O4S2. The number of nitrogens with zero attached hydrogens (tertiary/aromatic N) is 1. The Kier molecular flexibility index (Phi) is 5.95. The summed E-state index contributed by atoms with van der Waals surface area (Å²) >= 11 is 1.33. The summed E-state index contributed by atoms with van der Waals surface area (Å²) in [5, 5.41) is 20.8. The van der Waals surface area contributed by atoms with E-state index in [1.54, 1.807) is 43.3 Å². The number of anilines is 1. The van der Waals surface area contributed by atoms with Crippen LogP contribution in [0.4, 0.5) is 5.69 Å². The first-order chi connectivity index (χ1) is 15.4. The van der Waals surface area contributed by atoms with Crippen molar-refractivity contribution in [2.24, 2.45) is 0 Å². The number of sulfonamides is 1. The van der Waals surface area contributed by atoms with E-state index >= 15 is 0 Å². The molecule has 32 heavy (non-hydrogen) atoms. The standard InChI is InChI=1S/C24H18N2O4S2/c1-16-11-12-21(30-15-25)23(13-16)32(28,29)26-20-14-22(31-17-7-3-2-4-8-17)24(27)19-10-6-5-9-18(19)20/h2-14,26-27H,1H3. The molecular weight excluding hydrogens is 444 g/mol. The van der Waals surface area contributed by atoms with Gasteiger partial charge in [0.2, 0.25) is 0 Å². The van der Waals surface area contributed by atoms with Crippen LogP contribution in [0.25, 0.3) is 10.8 Å². The lowest BCUT2D eigenvalue weighted by Crippen LogP contribution is -2.14. The molecule has 0 radical (unpaired) electrons. The van der Waals surface area contributed by atoms with Gasteiger partial charge in [-0.05, 0) is 42.8 Å². The van der Waals surface area contributed by atoms with E-state index in [0.717, 1.165) is 4.90 Å². The van der Waals surface area contributed by atoms with E-state index in [1.807, 2.05) is 30.3 Å². The number of benzene rings is 4. The van der Waals surface area contributed by atoms with Gasteiger partial charge in [0.15, 0.2) is 5.75 Å². The second-order valence-corrected chi connectivity index (χ2v) is 9.75. The molecule has 0 atom stereocenters. The number of hydrogen-bond donors (Lipinski definition) is 2. The monoisotopic (exact) mass is 462 g/mol. The number of aromatic hydroxyl groups is 1. The SMILES string of the molecule is Cc1ccc(OC#N)c(S(=O)(=O)Nc2cc(Sc3ccccc3)c(O)c3ccccc23)c1. The minimum atomic E-state index is -4.10. The van der Waals surface area contributed by atoms with Crippen molar-refractivity contribution in [3.8, 4) is 17.8 Å². The van der Waals surface area contributed by atoms with E-state index in [-0.39, 0.29) is 16.4 Å². The van der Waals surface area contributed by atoms with E-state index < -0.39 is 10.0 Å². The van der Waals surface area contributed by atoms with Crippen molar-refractivity contribution in [1.29, 1.82) is 5.26 Å². The zero-order valence-electron chi connectivity index (χ0n) is 16.9. The predicted molar refractivity (Wildman–Crippen MR) is 124 cm³/mol. The molecule has 160 valence electrons. The van der Waals surface area contributed by atoms with Crippen molar-refractivity contribution < 1.29 is 18.3 Å². The van der Waals surface area contributed by atoms with Gasteiger partial charge in [0.25, 0.3) is 16.3 Å². The third-order valence-corrected chi connectivity index (χ3v) is 7.17. The summed E-state index contributed by atoms with van der Waals surface area (Å²) in [5.41, 5.74) is 1.01. The summed E-state index contributed by atoms with van der Waals surface area (Å²) in [6, 6.07) is 22.6. The second kappa shape index (κ2) is 8.83. The first-order valence-electron chi connectivity index (χ1n) is 9.56. The van der Waals surface area contributed by atoms with Crippen molar-refractivity contribution in [3.05, 3.63) is 84.4 Å². The Morgan fingerprint density at radius 1 is 0.969 bits per heavy atom. The van der Waals surface area contributed by atoms with Crippen LogP contribution < -0.4 is 9.46 Å². The molecule has 2 N–H and O–H groups in total. The summed E-state index contributed by atoms with van der Waals surface area (Å²) in [4.78, 5) is 1.26. The van der Waals surface area contributed by atoms with E-state index in [4.69, 9.17) is 10.00 Å². The Balaban J connectivity index is 1.83. The van der Waals surface area contributed by atoms with Crippen LogP contribution in [0.2, 0.25) is 0 Å². The molecule has 0 heterocycles. The van der Waals surface area contributed by atoms with Gasteiger partial charge >= 0.3 is 0 Å². The minimum Gasteiger partial charge on any atom is -0.506 e. The van der Waals surface area contributed by atoms with Crippen LogP contribution in [0.15, 0.2) is 93.5 Å². The van der Waals surface area contributed by atoms with Crippen LogP contribution in [0.5, 0.6) is 11.5 Å². The van der Waals surface area contributed by atoms with Crippen LogP contribution in [-0.4, -0.2) is 13.5 Å². The van der Waals surface area contributed by atoms with E-state index in [9.17, 15) is 13.5 Å². The number of phenolic OH excluding ortho intramolecular Hbond substituents is 1. The number of phenols is 1. The van der Waals surface area contributed by atoms with E-state index in [0.29, 0.717) is 26.9 Å². The lowest BCUT2D eigenvalue weighted by molar-refractivity contribution is 0.469. The molecule has 0 saturated carbocycles. The van der Waals surface area contributed by atoms with E-state index in [2.05, 4.69) is 4.72 Å². The smallest absolute Gasteiger partial charge is 0.292 e. The third kappa shape index (κ3) is 4.35. The van der Waals surface area contributed by atoms with Crippen molar-refractivity contribution in [2.45, 2.75) is 21.6 Å². The quantitative estimate of drug-likeness (QED) is 0.283. The molecule has 4 aromatic carbocycles. The van der Waals surface area contributed by atoms with Crippen molar-refractivity contribution in [1.82, 2.24) is 0 Å². The maximum Gasteiger partial charge on any atom is 0.292 e. The normalized spacial score (nSPS) is 11.1. The Morgan fingerprint density at radius 2 is 1.66 bits per heavy atom. The van der Waals surface area contributed by atoms with E-state index in [1.165, 1.54) is 30.1 Å². The van der Waals surface area contributed by atoms with Gasteiger partial charge in [0, 0.05) is 15.7 Å². The van der Waals surface area contributed by atoms with Gasteiger partial charge in [-0.2, -0.15) is 0 Å². The summed E-state index contributed by atoms with van der Waals surface area (Å²) in [6.07, 6.45) is 1.52. The van der Waals surface area contributed by atoms with Gasteiger partial charge < -0.3 is 9.84 Å². The fraction of sp³-hybridized carbons (Fsp3) is 0.0417. The number of nitriles is 1.